The van der Waals surface area contributed by atoms with Crippen molar-refractivity contribution in [1.29, 1.82) is 0 Å². The normalized spacial score (nSPS) is 11.5. The number of hydrogen-bond donors (Lipinski definition) is 2. The van der Waals surface area contributed by atoms with Crippen LogP contribution in [0.4, 0.5) is 5.95 Å². The Hall–Kier alpha value is -0.913. The Morgan fingerprint density at radius 1 is 1.40 bits per heavy atom. The first-order valence-corrected chi connectivity index (χ1v) is 6.59. The van der Waals surface area contributed by atoms with Crippen molar-refractivity contribution in [1.82, 2.24) is 20.6 Å². The fourth-order valence-corrected chi connectivity index (χ4v) is 1.33. The molecule has 0 aromatic carbocycles. The summed E-state index contributed by atoms with van der Waals surface area (Å²) in [5.74, 6) is 0.596. The van der Waals surface area contributed by atoms with E-state index in [4.69, 9.17) is 0 Å². The van der Waals surface area contributed by atoms with Crippen LogP contribution in [0.2, 0.25) is 19.6 Å². The maximum absolute atomic E-state index is 3.78. The molecule has 0 amide bonds. The summed E-state index contributed by atoms with van der Waals surface area (Å²) >= 11 is 0. The summed E-state index contributed by atoms with van der Waals surface area (Å²) in [5.41, 5.74) is 0. The van der Waals surface area contributed by atoms with Crippen molar-refractivity contribution in [2.24, 2.45) is 0 Å². The SMILES string of the molecule is C[Si](C)(C)Nc1nn[nH]n1. The van der Waals surface area contributed by atoms with Crippen molar-refractivity contribution in [3.8, 4) is 0 Å². The first-order valence-electron chi connectivity index (χ1n) is 3.09. The Balaban J connectivity index is 2.57. The van der Waals surface area contributed by atoms with Crippen LogP contribution < -0.4 is 4.98 Å². The number of nitrogens with zero attached hydrogens (tertiary/aromatic N) is 3. The molecular formula is C4H11N5Si. The van der Waals surface area contributed by atoms with Gasteiger partial charge in [0.25, 0.3) is 5.95 Å². The van der Waals surface area contributed by atoms with Gasteiger partial charge in [0, 0.05) is 0 Å². The van der Waals surface area contributed by atoms with E-state index in [0.717, 1.165) is 0 Å². The van der Waals surface area contributed by atoms with Gasteiger partial charge in [-0.05, 0) is 5.21 Å². The van der Waals surface area contributed by atoms with Gasteiger partial charge in [-0.25, -0.2) is 0 Å². The molecule has 1 aromatic heterocycles. The van der Waals surface area contributed by atoms with Crippen LogP contribution in [-0.4, -0.2) is 28.9 Å². The monoisotopic (exact) mass is 157 g/mol. The zero-order valence-corrected chi connectivity index (χ0v) is 7.34. The van der Waals surface area contributed by atoms with Crippen LogP contribution >= 0.6 is 0 Å². The summed E-state index contributed by atoms with van der Waals surface area (Å²) in [6.45, 7) is 6.51. The molecule has 0 aliphatic rings. The Kier molecular flexibility index (Phi) is 1.71. The van der Waals surface area contributed by atoms with Gasteiger partial charge in [0.15, 0.2) is 0 Å². The number of anilines is 1. The second-order valence-electron chi connectivity index (χ2n) is 3.11. The van der Waals surface area contributed by atoms with Gasteiger partial charge < -0.3 is 4.98 Å². The molecule has 1 aromatic rings. The van der Waals surface area contributed by atoms with Crippen molar-refractivity contribution >= 4 is 14.2 Å². The molecule has 0 fully saturated rings. The Morgan fingerprint density at radius 3 is 2.50 bits per heavy atom. The molecule has 0 unspecified atom stereocenters. The Morgan fingerprint density at radius 2 is 2.10 bits per heavy atom. The third-order valence-electron chi connectivity index (χ3n) is 0.832. The first-order chi connectivity index (χ1) is 4.58. The molecule has 10 heavy (non-hydrogen) atoms. The third kappa shape index (κ3) is 2.14. The molecule has 1 heterocycles. The second-order valence-corrected chi connectivity index (χ2v) is 7.86. The lowest BCUT2D eigenvalue weighted by Gasteiger charge is -2.14. The van der Waals surface area contributed by atoms with Gasteiger partial charge in [-0.15, -0.1) is 5.10 Å². The molecule has 6 heteroatoms. The summed E-state index contributed by atoms with van der Waals surface area (Å²) in [7, 11) is -1.30. The summed E-state index contributed by atoms with van der Waals surface area (Å²) < 4.78 is 0. The zero-order valence-electron chi connectivity index (χ0n) is 6.34. The van der Waals surface area contributed by atoms with Gasteiger partial charge in [0.2, 0.25) is 0 Å². The van der Waals surface area contributed by atoms with E-state index in [9.17, 15) is 0 Å². The molecule has 0 atom stereocenters. The van der Waals surface area contributed by atoms with E-state index in [1.54, 1.807) is 0 Å². The number of nitrogens with one attached hydrogen (secondary N) is 2. The lowest BCUT2D eigenvalue weighted by Crippen LogP contribution is -2.32. The number of H-pyrrole nitrogens is 1. The fraction of sp³-hybridized carbons (Fsp3) is 0.750. The average Bonchev–Trinajstić information content (AvgIpc) is 2.12. The van der Waals surface area contributed by atoms with E-state index >= 15 is 0 Å². The zero-order chi connectivity index (χ0) is 7.61. The molecule has 1 rings (SSSR count). The highest BCUT2D eigenvalue weighted by molar-refractivity contribution is 6.79. The van der Waals surface area contributed by atoms with Gasteiger partial charge in [0.05, 0.1) is 0 Å². The molecule has 0 aliphatic carbocycles. The van der Waals surface area contributed by atoms with Crippen LogP contribution in [0, 0.1) is 0 Å². The van der Waals surface area contributed by atoms with Crippen LogP contribution in [0.15, 0.2) is 0 Å². The fourth-order valence-electron chi connectivity index (χ4n) is 0.550. The molecule has 5 nitrogen and oxygen atoms in total. The van der Waals surface area contributed by atoms with Crippen molar-refractivity contribution in [2.45, 2.75) is 19.6 Å². The van der Waals surface area contributed by atoms with Gasteiger partial charge in [-0.3, -0.25) is 0 Å². The van der Waals surface area contributed by atoms with Crippen molar-refractivity contribution in [3.05, 3.63) is 0 Å². The van der Waals surface area contributed by atoms with Gasteiger partial charge >= 0.3 is 0 Å². The summed E-state index contributed by atoms with van der Waals surface area (Å²) in [6.07, 6.45) is 0. The van der Waals surface area contributed by atoms with Crippen LogP contribution in [0.1, 0.15) is 0 Å². The maximum atomic E-state index is 3.78. The highest BCUT2D eigenvalue weighted by Gasteiger charge is 2.14. The lowest BCUT2D eigenvalue weighted by molar-refractivity contribution is 0.881. The molecular weight excluding hydrogens is 146 g/mol. The molecule has 56 valence electrons. The molecule has 0 spiro atoms. The van der Waals surface area contributed by atoms with Crippen LogP contribution in [0.25, 0.3) is 0 Å². The van der Waals surface area contributed by atoms with E-state index in [0.29, 0.717) is 5.95 Å². The van der Waals surface area contributed by atoms with E-state index in [1.807, 2.05) is 0 Å². The predicted molar refractivity (Wildman–Crippen MR) is 41.1 cm³/mol. The topological polar surface area (TPSA) is 66.5 Å². The smallest absolute Gasteiger partial charge is 0.255 e. The Bertz CT molecular complexity index is 188. The molecule has 0 saturated heterocycles. The quantitative estimate of drug-likeness (QED) is 0.612. The van der Waals surface area contributed by atoms with Crippen molar-refractivity contribution in [3.63, 3.8) is 0 Å². The van der Waals surface area contributed by atoms with Gasteiger partial charge in [-0.2, -0.15) is 5.21 Å². The summed E-state index contributed by atoms with van der Waals surface area (Å²) in [4.78, 5) is 3.18. The minimum atomic E-state index is -1.30. The maximum Gasteiger partial charge on any atom is 0.255 e. The van der Waals surface area contributed by atoms with Crippen LogP contribution in [-0.2, 0) is 0 Å². The molecule has 0 radical (unpaired) electrons. The van der Waals surface area contributed by atoms with E-state index < -0.39 is 8.24 Å². The number of tetrazole rings is 1. The summed E-state index contributed by atoms with van der Waals surface area (Å²) in [6, 6.07) is 0. The first kappa shape index (κ1) is 7.20. The summed E-state index contributed by atoms with van der Waals surface area (Å²) in [5, 5.41) is 13.4. The van der Waals surface area contributed by atoms with E-state index in [2.05, 4.69) is 45.2 Å². The van der Waals surface area contributed by atoms with E-state index in [1.165, 1.54) is 0 Å². The number of aromatic nitrogens is 4. The predicted octanol–water partition coefficient (Wildman–Crippen LogP) is 0.446. The number of rotatable bonds is 2. The molecule has 0 bridgehead atoms. The third-order valence-corrected chi connectivity index (χ3v) is 1.81. The highest BCUT2D eigenvalue weighted by atomic mass is 28.3. The van der Waals surface area contributed by atoms with E-state index in [-0.39, 0.29) is 0 Å². The van der Waals surface area contributed by atoms with Crippen molar-refractivity contribution < 1.29 is 0 Å². The average molecular weight is 157 g/mol. The number of aromatic amines is 1. The second kappa shape index (κ2) is 2.37. The minimum Gasteiger partial charge on any atom is -0.378 e. The van der Waals surface area contributed by atoms with Crippen LogP contribution in [0.5, 0.6) is 0 Å². The largest absolute Gasteiger partial charge is 0.378 e. The van der Waals surface area contributed by atoms with Gasteiger partial charge in [-0.1, -0.05) is 24.7 Å². The Labute approximate surface area is 60.3 Å². The minimum absolute atomic E-state index is 0.596. The standard InChI is InChI=1S/C4H11N5Si/c1-10(2,3)7-4-5-8-9-6-4/h1-3H3,(H2,5,6,7,8,9). The molecule has 0 aliphatic heterocycles. The lowest BCUT2D eigenvalue weighted by atomic mass is 11.2. The van der Waals surface area contributed by atoms with Crippen molar-refractivity contribution in [2.75, 3.05) is 4.98 Å². The molecule has 0 saturated carbocycles. The van der Waals surface area contributed by atoms with Crippen LogP contribution in [0.3, 0.4) is 0 Å². The van der Waals surface area contributed by atoms with Gasteiger partial charge in [0.1, 0.15) is 8.24 Å². The molecule has 2 N–H and O–H groups in total. The number of hydrogen-bond acceptors (Lipinski definition) is 4. The highest BCUT2D eigenvalue weighted by Crippen LogP contribution is 2.02.